The fourth-order valence-corrected chi connectivity index (χ4v) is 6.76. The van der Waals surface area contributed by atoms with Crippen molar-refractivity contribution in [3.05, 3.63) is 107 Å². The summed E-state index contributed by atoms with van der Waals surface area (Å²) in [5, 5.41) is 23.8. The van der Waals surface area contributed by atoms with Crippen LogP contribution in [0.3, 0.4) is 0 Å². The molecule has 0 fully saturated rings. The third-order valence-corrected chi connectivity index (χ3v) is 9.74. The first kappa shape index (κ1) is 46.3. The minimum Gasteiger partial charge on any atom is -0.491 e. The molecule has 2 aromatic heterocycles. The molecule has 0 spiro atoms. The van der Waals surface area contributed by atoms with Crippen LogP contribution in [-0.4, -0.2) is 90.3 Å². The van der Waals surface area contributed by atoms with Gasteiger partial charge < -0.3 is 36.1 Å². The van der Waals surface area contributed by atoms with E-state index in [9.17, 15) is 32.3 Å². The number of carboxylic acid groups (broad SMARTS) is 1. The van der Waals surface area contributed by atoms with E-state index in [2.05, 4.69) is 55.2 Å². The lowest BCUT2D eigenvalue weighted by Gasteiger charge is -2.27. The van der Waals surface area contributed by atoms with Crippen LogP contribution in [0.1, 0.15) is 73.3 Å². The van der Waals surface area contributed by atoms with E-state index in [1.807, 2.05) is 56.3 Å². The summed E-state index contributed by atoms with van der Waals surface area (Å²) in [6, 6.07) is 18.7. The number of alkyl halides is 3. The average Bonchev–Trinajstić information content (AvgIpc) is 3.83. The second kappa shape index (κ2) is 20.7. The zero-order valence-corrected chi connectivity index (χ0v) is 34.8. The number of aromatic nitrogens is 5. The second-order valence-corrected chi connectivity index (χ2v) is 15.7. The molecule has 19 heteroatoms. The number of fused-ring (bicyclic) bond motifs is 15. The van der Waals surface area contributed by atoms with E-state index in [4.69, 9.17) is 14.6 Å². The normalized spacial score (nSPS) is 19.0. The van der Waals surface area contributed by atoms with Gasteiger partial charge in [-0.3, -0.25) is 19.2 Å². The van der Waals surface area contributed by atoms with Crippen LogP contribution in [0.4, 0.5) is 13.2 Å². The lowest BCUT2D eigenvalue weighted by atomic mass is 9.99. The van der Waals surface area contributed by atoms with Gasteiger partial charge in [-0.2, -0.15) is 18.3 Å². The number of aromatic amines is 1. The highest BCUT2D eigenvalue weighted by molar-refractivity contribution is 6.00. The Morgan fingerprint density at radius 1 is 0.952 bits per heavy atom. The molecule has 4 amide bonds. The van der Waals surface area contributed by atoms with Crippen molar-refractivity contribution in [1.82, 2.24) is 46.0 Å². The molecule has 4 atom stereocenters. The molecule has 0 radical (unpaired) electrons. The summed E-state index contributed by atoms with van der Waals surface area (Å²) in [5.74, 6) is -2.87. The molecule has 0 aliphatic carbocycles. The zero-order valence-electron chi connectivity index (χ0n) is 34.8. The topological polar surface area (TPSA) is 222 Å². The predicted molar refractivity (Wildman–Crippen MR) is 221 cm³/mol. The van der Waals surface area contributed by atoms with Crippen molar-refractivity contribution in [2.45, 2.75) is 90.8 Å². The van der Waals surface area contributed by atoms with E-state index in [1.165, 1.54) is 4.68 Å². The molecule has 4 heterocycles. The van der Waals surface area contributed by atoms with Crippen molar-refractivity contribution in [2.75, 3.05) is 6.61 Å². The van der Waals surface area contributed by atoms with Crippen molar-refractivity contribution in [1.29, 1.82) is 0 Å². The first-order chi connectivity index (χ1) is 29.4. The Bertz CT molecular complexity index is 2330. The molecule has 3 aromatic carbocycles. The number of imidazole rings is 1. The molecule has 2 aliphatic rings. The predicted octanol–water partition coefficient (Wildman–Crippen LogP) is 4.60. The van der Waals surface area contributed by atoms with Crippen LogP contribution < -0.4 is 26.0 Å². The molecule has 330 valence electrons. The van der Waals surface area contributed by atoms with Crippen LogP contribution in [0.15, 0.2) is 79.1 Å². The fourth-order valence-electron chi connectivity index (χ4n) is 6.76. The molecule has 2 bridgehead atoms. The maximum Gasteiger partial charge on any atom is 0.490 e. The van der Waals surface area contributed by atoms with Gasteiger partial charge in [0.25, 0.3) is 5.91 Å². The van der Waals surface area contributed by atoms with Gasteiger partial charge in [-0.25, -0.2) is 19.4 Å². The number of carbonyl (C=O) groups excluding carboxylic acids is 4. The first-order valence-corrected chi connectivity index (χ1v) is 20.0. The number of hydrogen-bond donors (Lipinski definition) is 6. The summed E-state index contributed by atoms with van der Waals surface area (Å²) >= 11 is 0. The summed E-state index contributed by atoms with van der Waals surface area (Å²) in [5.41, 5.74) is 3.33. The Morgan fingerprint density at radius 3 is 2.29 bits per heavy atom. The molecule has 16 nitrogen and oxygen atoms in total. The molecular formula is C43H50F3N9O7. The van der Waals surface area contributed by atoms with E-state index >= 15 is 0 Å². The van der Waals surface area contributed by atoms with E-state index < -0.39 is 48.0 Å². The number of carboxylic acids is 1. The number of H-pyrrole nitrogens is 1. The summed E-state index contributed by atoms with van der Waals surface area (Å²) in [4.78, 5) is 76.7. The molecule has 2 aliphatic heterocycles. The largest absolute Gasteiger partial charge is 0.491 e. The second-order valence-electron chi connectivity index (χ2n) is 15.7. The third kappa shape index (κ3) is 13.1. The van der Waals surface area contributed by atoms with Crippen LogP contribution in [0.25, 0.3) is 11.0 Å². The number of aliphatic carboxylic acids is 1. The number of halogens is 3. The molecule has 7 rings (SSSR count). The van der Waals surface area contributed by atoms with E-state index in [0.29, 0.717) is 40.4 Å². The fraction of sp³-hybridized carbons (Fsp3) is 0.395. The van der Waals surface area contributed by atoms with Crippen molar-refractivity contribution in [2.24, 2.45) is 11.8 Å². The molecule has 0 saturated heterocycles. The van der Waals surface area contributed by atoms with Gasteiger partial charge in [0.05, 0.1) is 29.4 Å². The first-order valence-electron chi connectivity index (χ1n) is 20.0. The van der Waals surface area contributed by atoms with Gasteiger partial charge in [0.1, 0.15) is 36.8 Å². The number of amides is 4. The molecule has 62 heavy (non-hydrogen) atoms. The van der Waals surface area contributed by atoms with Gasteiger partial charge in [-0.05, 0) is 66.6 Å². The quantitative estimate of drug-likeness (QED) is 0.134. The number of rotatable bonds is 7. The lowest BCUT2D eigenvalue weighted by Crippen LogP contribution is -2.55. The van der Waals surface area contributed by atoms with Gasteiger partial charge in [-0.1, -0.05) is 70.2 Å². The number of nitrogens with one attached hydrogen (secondary N) is 5. The molecule has 6 N–H and O–H groups in total. The van der Waals surface area contributed by atoms with Crippen molar-refractivity contribution >= 4 is 40.6 Å². The van der Waals surface area contributed by atoms with Gasteiger partial charge in [-0.15, -0.1) is 0 Å². The SMILES string of the molecule is Cc1nc2n(n1)CC(=O)N[C@@H](CC(C)C)COc1ccc(cc1)C[C@H](NC(=O)c1ccc3nc[nH]c3c1)C(=O)N[C@@H](Cc1ccccc1)C(=O)N[C@H]2C(C)C.O=C(O)C(F)(F)F. The smallest absolute Gasteiger partial charge is 0.490 e. The van der Waals surface area contributed by atoms with Gasteiger partial charge in [0.15, 0.2) is 5.82 Å². The molecule has 5 aromatic rings. The number of benzene rings is 3. The van der Waals surface area contributed by atoms with Crippen LogP contribution in [0, 0.1) is 18.8 Å². The summed E-state index contributed by atoms with van der Waals surface area (Å²) in [6.07, 6.45) is -2.54. The van der Waals surface area contributed by atoms with Crippen LogP contribution >= 0.6 is 0 Å². The van der Waals surface area contributed by atoms with Gasteiger partial charge in [0.2, 0.25) is 17.7 Å². The maximum atomic E-state index is 14.4. The minimum absolute atomic E-state index is 0.114. The van der Waals surface area contributed by atoms with Crippen LogP contribution in [0.2, 0.25) is 0 Å². The van der Waals surface area contributed by atoms with E-state index in [1.54, 1.807) is 43.6 Å². The minimum atomic E-state index is -5.08. The summed E-state index contributed by atoms with van der Waals surface area (Å²) in [6.45, 7) is 9.90. The maximum absolute atomic E-state index is 14.4. The standard InChI is InChI=1S/C41H49N9O5.C2HF3O2/c1-24(2)17-30-22-55-31-14-11-28(12-15-31)19-34(46-39(52)29-13-16-32-33(20-29)43-23-42-32)40(53)47-35(18-27-9-7-6-8-10-27)41(54)48-37(25(3)4)38-44-26(5)49-50(38)21-36(51)45-30;3-2(4,5)1(6)7/h6-16,20,23-25,30,34-35,37H,17-19,21-22H2,1-5H3,(H,42,43)(H,45,51)(H,46,52)(H,47,53)(H,48,54);(H,6,7)/t30-,34-,35-,37-;/m0./s1. The van der Waals surface area contributed by atoms with Crippen molar-refractivity contribution in [3.63, 3.8) is 0 Å². The van der Waals surface area contributed by atoms with Gasteiger partial charge in [0, 0.05) is 18.4 Å². The van der Waals surface area contributed by atoms with E-state index in [-0.39, 0.29) is 49.8 Å². The number of ether oxygens (including phenoxy) is 1. The Balaban J connectivity index is 0.000000955. The highest BCUT2D eigenvalue weighted by Gasteiger charge is 2.38. The van der Waals surface area contributed by atoms with Gasteiger partial charge >= 0.3 is 12.1 Å². The Labute approximate surface area is 355 Å². The van der Waals surface area contributed by atoms with Crippen molar-refractivity contribution in [3.8, 4) is 5.75 Å². The Kier molecular flexibility index (Phi) is 15.4. The molecular weight excluding hydrogens is 812 g/mol. The summed E-state index contributed by atoms with van der Waals surface area (Å²) < 4.78 is 39.4. The Hall–Kier alpha value is -6.79. The number of carbonyl (C=O) groups is 5. The third-order valence-electron chi connectivity index (χ3n) is 9.74. The number of nitrogens with zero attached hydrogens (tertiary/aromatic N) is 4. The number of hydrogen-bond acceptors (Lipinski definition) is 9. The van der Waals surface area contributed by atoms with E-state index in [0.717, 1.165) is 11.1 Å². The van der Waals surface area contributed by atoms with Crippen LogP contribution in [0.5, 0.6) is 5.75 Å². The average molecular weight is 862 g/mol. The lowest BCUT2D eigenvalue weighted by molar-refractivity contribution is -0.192. The monoisotopic (exact) mass is 861 g/mol. The number of aryl methyl sites for hydroxylation is 1. The Morgan fingerprint density at radius 2 is 1.65 bits per heavy atom. The zero-order chi connectivity index (χ0) is 45.1. The molecule has 0 unspecified atom stereocenters. The van der Waals surface area contributed by atoms with Crippen molar-refractivity contribution < 1.29 is 47.0 Å². The highest BCUT2D eigenvalue weighted by Crippen LogP contribution is 2.22. The van der Waals surface area contributed by atoms with Crippen LogP contribution in [-0.2, 0) is 38.6 Å². The highest BCUT2D eigenvalue weighted by atomic mass is 19.4. The molecule has 0 saturated carbocycles. The summed E-state index contributed by atoms with van der Waals surface area (Å²) in [7, 11) is 0.